The molecular weight excluding hydrogens is 560 g/mol. The number of carbonyl (C=O) groups is 1. The number of piperazine rings is 1. The third kappa shape index (κ3) is 5.44. The van der Waals surface area contributed by atoms with Crippen LogP contribution in [0.25, 0.3) is 0 Å². The number of hydrogen-bond donors (Lipinski definition) is 1. The van der Waals surface area contributed by atoms with Crippen LogP contribution in [-0.2, 0) is 11.0 Å². The summed E-state index contributed by atoms with van der Waals surface area (Å²) in [5.74, 6) is -1.38. The van der Waals surface area contributed by atoms with Crippen molar-refractivity contribution in [3.8, 4) is 11.5 Å². The molecule has 1 saturated heterocycles. The number of halogens is 4. The van der Waals surface area contributed by atoms with Crippen LogP contribution in [0.4, 0.5) is 34.6 Å². The Labute approximate surface area is 239 Å². The van der Waals surface area contributed by atoms with E-state index in [0.29, 0.717) is 11.4 Å². The lowest BCUT2D eigenvalue weighted by Crippen LogP contribution is -2.61. The molecule has 0 aliphatic carbocycles. The number of fused-ring (bicyclic) bond motifs is 1. The predicted molar refractivity (Wildman–Crippen MR) is 148 cm³/mol. The fourth-order valence-corrected chi connectivity index (χ4v) is 5.38. The molecule has 0 amide bonds. The second-order valence-electron chi connectivity index (χ2n) is 9.98. The number of carboxylic acid groups (broad SMARTS) is 1. The highest BCUT2D eigenvalue weighted by atomic mass is 19.4. The maximum Gasteiger partial charge on any atom is 0.416 e. The molecule has 0 radical (unpaired) electrons. The number of alkyl halides is 3. The van der Waals surface area contributed by atoms with Crippen LogP contribution < -0.4 is 19.0 Å². The number of guanidine groups is 1. The molecule has 2 aliphatic rings. The van der Waals surface area contributed by atoms with Crippen LogP contribution in [0.1, 0.15) is 23.6 Å². The maximum atomic E-state index is 15.1. The zero-order chi connectivity index (χ0) is 30.2. The highest BCUT2D eigenvalue weighted by Crippen LogP contribution is 2.46. The number of aliphatic imine (C=N–C) groups is 1. The molecule has 3 aromatic carbocycles. The smallest absolute Gasteiger partial charge is 0.416 e. The standard InChI is InChI=1S/C29H28F4N4O5/c1-41-20-6-3-5-19(16-20)37(40)13-11-35(12-14-37)28-34-27-21(7-4-8-22(27)30)23(17-26(38)39)36(28)24-15-18(29(31,32)33)9-10-25(24)42-2/h3-10,15-16,23H,11-14,17H2,1-2H3,(H,38,39)/t23-/m0/s1. The third-order valence-corrected chi connectivity index (χ3v) is 7.52. The van der Waals surface area contributed by atoms with E-state index in [-0.39, 0.29) is 54.8 Å². The van der Waals surface area contributed by atoms with Crippen LogP contribution in [0.3, 0.4) is 0 Å². The van der Waals surface area contributed by atoms with E-state index in [1.807, 2.05) is 0 Å². The summed E-state index contributed by atoms with van der Waals surface area (Å²) in [5.41, 5.74) is -0.515. The van der Waals surface area contributed by atoms with Gasteiger partial charge in [0.2, 0.25) is 5.96 Å². The maximum absolute atomic E-state index is 15.1. The predicted octanol–water partition coefficient (Wildman–Crippen LogP) is 5.71. The molecule has 0 saturated carbocycles. The Bertz CT molecular complexity index is 1520. The zero-order valence-electron chi connectivity index (χ0n) is 22.8. The van der Waals surface area contributed by atoms with Gasteiger partial charge < -0.3 is 34.2 Å². The number of quaternary nitrogens is 1. The Kier molecular flexibility index (Phi) is 7.73. The molecule has 9 nitrogen and oxygen atoms in total. The summed E-state index contributed by atoms with van der Waals surface area (Å²) in [5, 5.41) is 23.6. The normalized spacial score (nSPS) is 18.3. The molecule has 5 rings (SSSR count). The van der Waals surface area contributed by atoms with Gasteiger partial charge in [0.05, 0.1) is 51.0 Å². The van der Waals surface area contributed by atoms with Gasteiger partial charge in [-0.2, -0.15) is 13.2 Å². The summed E-state index contributed by atoms with van der Waals surface area (Å²) >= 11 is 0. The van der Waals surface area contributed by atoms with Gasteiger partial charge in [-0.25, -0.2) is 9.38 Å². The molecule has 222 valence electrons. The number of para-hydroxylation sites is 1. The lowest BCUT2D eigenvalue weighted by atomic mass is 9.96. The average Bonchev–Trinajstić information content (AvgIpc) is 2.97. The van der Waals surface area contributed by atoms with Crippen LogP contribution in [0.5, 0.6) is 11.5 Å². The van der Waals surface area contributed by atoms with E-state index in [9.17, 15) is 28.3 Å². The first kappa shape index (κ1) is 29.1. The Balaban J connectivity index is 1.62. The van der Waals surface area contributed by atoms with E-state index in [0.717, 1.165) is 18.2 Å². The number of ether oxygens (including phenoxy) is 2. The van der Waals surface area contributed by atoms with Crippen LogP contribution in [-0.4, -0.2) is 62.3 Å². The van der Waals surface area contributed by atoms with E-state index in [4.69, 9.17) is 9.47 Å². The van der Waals surface area contributed by atoms with Crippen LogP contribution >= 0.6 is 0 Å². The first-order valence-corrected chi connectivity index (χ1v) is 13.1. The number of hydroxylamine groups is 2. The van der Waals surface area contributed by atoms with Gasteiger partial charge in [-0.05, 0) is 36.4 Å². The first-order chi connectivity index (χ1) is 19.9. The molecule has 2 heterocycles. The number of methoxy groups -OCH3 is 2. The van der Waals surface area contributed by atoms with Gasteiger partial charge in [-0.1, -0.05) is 18.2 Å². The molecule has 0 aromatic heterocycles. The number of hydrogen-bond acceptors (Lipinski definition) is 7. The summed E-state index contributed by atoms with van der Waals surface area (Å²) in [6.45, 7) is 0.267. The van der Waals surface area contributed by atoms with Crippen molar-refractivity contribution in [1.82, 2.24) is 9.55 Å². The van der Waals surface area contributed by atoms with Crippen molar-refractivity contribution in [3.05, 3.63) is 82.8 Å². The van der Waals surface area contributed by atoms with Gasteiger partial charge in [0.15, 0.2) is 0 Å². The molecule has 0 unspecified atom stereocenters. The number of aliphatic carboxylic acids is 1. The number of carboxylic acids is 1. The van der Waals surface area contributed by atoms with Crippen LogP contribution in [0.15, 0.2) is 65.7 Å². The number of benzene rings is 3. The van der Waals surface area contributed by atoms with E-state index in [1.54, 1.807) is 29.2 Å². The Morgan fingerprint density at radius 3 is 2.43 bits per heavy atom. The minimum absolute atomic E-state index is 0.0216. The van der Waals surface area contributed by atoms with Crippen LogP contribution in [0, 0.1) is 11.0 Å². The molecule has 1 fully saturated rings. The van der Waals surface area contributed by atoms with Crippen molar-refractivity contribution >= 4 is 29.0 Å². The highest BCUT2D eigenvalue weighted by molar-refractivity contribution is 6.02. The monoisotopic (exact) mass is 588 g/mol. The summed E-state index contributed by atoms with van der Waals surface area (Å²) in [7, 11) is 2.78. The Hall–Kier alpha value is -4.36. The lowest BCUT2D eigenvalue weighted by molar-refractivity contribution is -0.138. The van der Waals surface area contributed by atoms with E-state index >= 15 is 4.39 Å². The molecule has 2 aliphatic heterocycles. The number of nitrogens with zero attached hydrogens (tertiary/aromatic N) is 4. The third-order valence-electron chi connectivity index (χ3n) is 7.52. The first-order valence-electron chi connectivity index (χ1n) is 13.1. The molecule has 0 spiro atoms. The lowest BCUT2D eigenvalue weighted by Gasteiger charge is -2.50. The second kappa shape index (κ2) is 11.1. The van der Waals surface area contributed by atoms with Gasteiger partial charge in [-0.3, -0.25) is 4.79 Å². The van der Waals surface area contributed by atoms with Gasteiger partial charge in [0.1, 0.15) is 41.8 Å². The topological polar surface area (TPSA) is 97.7 Å². The molecule has 1 atom stereocenters. The molecule has 42 heavy (non-hydrogen) atoms. The van der Waals surface area contributed by atoms with Gasteiger partial charge in [0.25, 0.3) is 0 Å². The largest absolute Gasteiger partial charge is 0.627 e. The molecular formula is C29H28F4N4O5. The summed E-state index contributed by atoms with van der Waals surface area (Å²) < 4.78 is 66.6. The summed E-state index contributed by atoms with van der Waals surface area (Å²) in [6, 6.07) is 12.6. The van der Waals surface area contributed by atoms with Crippen molar-refractivity contribution < 1.29 is 36.9 Å². The van der Waals surface area contributed by atoms with E-state index in [2.05, 4.69) is 4.99 Å². The number of rotatable bonds is 6. The molecule has 13 heteroatoms. The fourth-order valence-electron chi connectivity index (χ4n) is 5.38. The Morgan fingerprint density at radius 2 is 1.79 bits per heavy atom. The van der Waals surface area contributed by atoms with Crippen molar-refractivity contribution in [1.29, 1.82) is 0 Å². The minimum Gasteiger partial charge on any atom is -0.627 e. The minimum atomic E-state index is -4.71. The van der Waals surface area contributed by atoms with E-state index < -0.39 is 40.6 Å². The highest BCUT2D eigenvalue weighted by Gasteiger charge is 2.41. The zero-order valence-corrected chi connectivity index (χ0v) is 22.8. The van der Waals surface area contributed by atoms with Crippen molar-refractivity contribution in [2.24, 2.45) is 4.99 Å². The quantitative estimate of drug-likeness (QED) is 0.224. The number of anilines is 1. The second-order valence-corrected chi connectivity index (χ2v) is 9.98. The van der Waals surface area contributed by atoms with Crippen molar-refractivity contribution in [3.63, 3.8) is 0 Å². The molecule has 3 aromatic rings. The SMILES string of the molecule is COc1cccc([N+]2([O-])CCN(C3=Nc4c(F)cccc4[C@H](CC(=O)O)N3c3cc(C(F)(F)F)ccc3OC)CC2)c1. The average molecular weight is 589 g/mol. The van der Waals surface area contributed by atoms with Gasteiger partial charge in [0, 0.05) is 11.6 Å². The van der Waals surface area contributed by atoms with Gasteiger partial charge >= 0.3 is 12.1 Å². The summed E-state index contributed by atoms with van der Waals surface area (Å²) in [4.78, 5) is 19.6. The van der Waals surface area contributed by atoms with Gasteiger partial charge in [-0.15, -0.1) is 0 Å². The van der Waals surface area contributed by atoms with E-state index in [1.165, 1.54) is 37.3 Å². The fraction of sp³-hybridized carbons (Fsp3) is 0.310. The molecule has 1 N–H and O–H groups in total. The molecule has 0 bridgehead atoms. The summed E-state index contributed by atoms with van der Waals surface area (Å²) in [6.07, 6.45) is -5.28. The Morgan fingerprint density at radius 1 is 1.07 bits per heavy atom. The van der Waals surface area contributed by atoms with Crippen molar-refractivity contribution in [2.75, 3.05) is 45.3 Å². The van der Waals surface area contributed by atoms with Crippen LogP contribution in [0.2, 0.25) is 0 Å². The van der Waals surface area contributed by atoms with Crippen molar-refractivity contribution in [2.45, 2.75) is 18.6 Å².